The SMILES string of the molecule is O=C(NO)c1ccc(NC(=O)[C@@H](NS(=O)(=O)c2cccc3ccccc23)c2ccccc2)cc1. The van der Waals surface area contributed by atoms with E-state index in [1.807, 2.05) is 18.2 Å². The van der Waals surface area contributed by atoms with E-state index in [0.29, 0.717) is 16.6 Å². The lowest BCUT2D eigenvalue weighted by Crippen LogP contribution is -2.37. The van der Waals surface area contributed by atoms with Gasteiger partial charge in [0, 0.05) is 16.6 Å². The van der Waals surface area contributed by atoms with Gasteiger partial charge in [-0.2, -0.15) is 4.72 Å². The summed E-state index contributed by atoms with van der Waals surface area (Å²) >= 11 is 0. The first kappa shape index (κ1) is 23.1. The molecular formula is C25H21N3O5S. The average Bonchev–Trinajstić information content (AvgIpc) is 2.87. The van der Waals surface area contributed by atoms with Crippen molar-refractivity contribution in [2.45, 2.75) is 10.9 Å². The van der Waals surface area contributed by atoms with Crippen LogP contribution in [-0.2, 0) is 14.8 Å². The normalized spacial score (nSPS) is 12.1. The van der Waals surface area contributed by atoms with Crippen LogP contribution in [0.15, 0.2) is 102 Å². The molecule has 4 aromatic rings. The highest BCUT2D eigenvalue weighted by molar-refractivity contribution is 7.89. The highest BCUT2D eigenvalue weighted by Crippen LogP contribution is 2.25. The molecule has 1 atom stereocenters. The number of hydroxylamine groups is 1. The molecule has 34 heavy (non-hydrogen) atoms. The molecule has 0 heterocycles. The van der Waals surface area contributed by atoms with Crippen molar-refractivity contribution < 1.29 is 23.2 Å². The molecule has 0 fully saturated rings. The zero-order valence-corrected chi connectivity index (χ0v) is 18.6. The fourth-order valence-electron chi connectivity index (χ4n) is 3.55. The number of hydrogen-bond donors (Lipinski definition) is 4. The van der Waals surface area contributed by atoms with Crippen molar-refractivity contribution in [1.82, 2.24) is 10.2 Å². The fraction of sp³-hybridized carbons (Fsp3) is 0.0400. The van der Waals surface area contributed by atoms with Gasteiger partial charge in [0.2, 0.25) is 15.9 Å². The quantitative estimate of drug-likeness (QED) is 0.240. The van der Waals surface area contributed by atoms with E-state index < -0.39 is 27.9 Å². The summed E-state index contributed by atoms with van der Waals surface area (Å²) in [4.78, 5) is 24.8. The lowest BCUT2D eigenvalue weighted by atomic mass is 10.1. The van der Waals surface area contributed by atoms with Crippen molar-refractivity contribution in [3.8, 4) is 0 Å². The Bertz CT molecular complexity index is 1430. The number of anilines is 1. The zero-order chi connectivity index (χ0) is 24.1. The first-order valence-electron chi connectivity index (χ1n) is 10.3. The minimum absolute atomic E-state index is 0.0682. The van der Waals surface area contributed by atoms with Gasteiger partial charge in [0.25, 0.3) is 5.91 Å². The van der Waals surface area contributed by atoms with Gasteiger partial charge in [-0.1, -0.05) is 66.7 Å². The molecule has 0 unspecified atom stereocenters. The van der Waals surface area contributed by atoms with Gasteiger partial charge >= 0.3 is 0 Å². The molecule has 0 spiro atoms. The summed E-state index contributed by atoms with van der Waals surface area (Å²) in [6, 6.07) is 25.1. The number of amides is 2. The maximum absolute atomic E-state index is 13.4. The Morgan fingerprint density at radius 2 is 1.41 bits per heavy atom. The van der Waals surface area contributed by atoms with Gasteiger partial charge in [-0.3, -0.25) is 14.8 Å². The molecule has 0 radical (unpaired) electrons. The minimum atomic E-state index is -4.08. The molecule has 172 valence electrons. The van der Waals surface area contributed by atoms with E-state index in [4.69, 9.17) is 5.21 Å². The number of nitrogens with one attached hydrogen (secondary N) is 3. The molecule has 4 rings (SSSR count). The van der Waals surface area contributed by atoms with Gasteiger partial charge in [-0.25, -0.2) is 13.9 Å². The van der Waals surface area contributed by atoms with Crippen LogP contribution in [0.3, 0.4) is 0 Å². The number of hydrogen-bond acceptors (Lipinski definition) is 5. The molecule has 4 aromatic carbocycles. The third kappa shape index (κ3) is 4.96. The number of carbonyl (C=O) groups excluding carboxylic acids is 2. The number of benzene rings is 4. The third-order valence-electron chi connectivity index (χ3n) is 5.22. The molecule has 9 heteroatoms. The second kappa shape index (κ2) is 9.84. The lowest BCUT2D eigenvalue weighted by molar-refractivity contribution is -0.117. The molecule has 0 saturated carbocycles. The second-order valence-electron chi connectivity index (χ2n) is 7.45. The number of sulfonamides is 1. The molecule has 8 nitrogen and oxygen atoms in total. The summed E-state index contributed by atoms with van der Waals surface area (Å²) in [7, 11) is -4.08. The Balaban J connectivity index is 1.65. The number of rotatable bonds is 7. The van der Waals surface area contributed by atoms with Crippen LogP contribution >= 0.6 is 0 Å². The van der Waals surface area contributed by atoms with Crippen LogP contribution in [0.5, 0.6) is 0 Å². The van der Waals surface area contributed by atoms with Crippen molar-refractivity contribution in [2.75, 3.05) is 5.32 Å². The van der Waals surface area contributed by atoms with Crippen LogP contribution in [0.4, 0.5) is 5.69 Å². The van der Waals surface area contributed by atoms with Crippen LogP contribution in [0, 0.1) is 0 Å². The molecule has 0 aliphatic rings. The minimum Gasteiger partial charge on any atom is -0.324 e. The van der Waals surface area contributed by atoms with Crippen molar-refractivity contribution >= 4 is 38.3 Å². The Morgan fingerprint density at radius 1 is 0.765 bits per heavy atom. The molecular weight excluding hydrogens is 454 g/mol. The highest BCUT2D eigenvalue weighted by Gasteiger charge is 2.28. The highest BCUT2D eigenvalue weighted by atomic mass is 32.2. The van der Waals surface area contributed by atoms with Gasteiger partial charge in [0.1, 0.15) is 6.04 Å². The first-order chi connectivity index (χ1) is 16.4. The second-order valence-corrected chi connectivity index (χ2v) is 9.13. The Kier molecular flexibility index (Phi) is 6.69. The van der Waals surface area contributed by atoms with Gasteiger partial charge < -0.3 is 5.32 Å². The maximum atomic E-state index is 13.4. The maximum Gasteiger partial charge on any atom is 0.274 e. The van der Waals surface area contributed by atoms with E-state index in [1.54, 1.807) is 48.5 Å². The van der Waals surface area contributed by atoms with Crippen molar-refractivity contribution in [3.63, 3.8) is 0 Å². The Hall–Kier alpha value is -4.05. The molecule has 0 aromatic heterocycles. The third-order valence-corrected chi connectivity index (χ3v) is 6.70. The Morgan fingerprint density at radius 3 is 2.12 bits per heavy atom. The number of carbonyl (C=O) groups is 2. The van der Waals surface area contributed by atoms with Crippen molar-refractivity contribution in [1.29, 1.82) is 0 Å². The van der Waals surface area contributed by atoms with Crippen molar-refractivity contribution in [2.24, 2.45) is 0 Å². The smallest absolute Gasteiger partial charge is 0.274 e. The van der Waals surface area contributed by atoms with Crippen LogP contribution in [0.2, 0.25) is 0 Å². The molecule has 0 bridgehead atoms. The molecule has 4 N–H and O–H groups in total. The van der Waals surface area contributed by atoms with E-state index in [0.717, 1.165) is 5.39 Å². The lowest BCUT2D eigenvalue weighted by Gasteiger charge is -2.20. The van der Waals surface area contributed by atoms with Gasteiger partial charge in [-0.05, 0) is 41.3 Å². The van der Waals surface area contributed by atoms with E-state index in [2.05, 4.69) is 10.0 Å². The first-order valence-corrected chi connectivity index (χ1v) is 11.8. The molecule has 0 saturated heterocycles. The monoisotopic (exact) mass is 475 g/mol. The fourth-order valence-corrected chi connectivity index (χ4v) is 4.96. The van der Waals surface area contributed by atoms with Crippen LogP contribution < -0.4 is 15.5 Å². The largest absolute Gasteiger partial charge is 0.324 e. The van der Waals surface area contributed by atoms with Crippen LogP contribution in [0.25, 0.3) is 10.8 Å². The Labute approximate surface area is 196 Å². The summed E-state index contributed by atoms with van der Waals surface area (Å²) < 4.78 is 29.3. The predicted molar refractivity (Wildman–Crippen MR) is 128 cm³/mol. The summed E-state index contributed by atoms with van der Waals surface area (Å²) in [6.45, 7) is 0. The molecule has 0 aliphatic heterocycles. The molecule has 0 aliphatic carbocycles. The van der Waals surface area contributed by atoms with E-state index in [9.17, 15) is 18.0 Å². The van der Waals surface area contributed by atoms with Gasteiger partial charge in [-0.15, -0.1) is 0 Å². The summed E-state index contributed by atoms with van der Waals surface area (Å²) in [6.07, 6.45) is 0. The summed E-state index contributed by atoms with van der Waals surface area (Å²) in [5.41, 5.74) is 2.53. The zero-order valence-electron chi connectivity index (χ0n) is 17.8. The summed E-state index contributed by atoms with van der Waals surface area (Å²) in [5, 5.41) is 12.7. The average molecular weight is 476 g/mol. The van der Waals surface area contributed by atoms with Crippen molar-refractivity contribution in [3.05, 3.63) is 108 Å². The molecule has 2 amide bonds. The predicted octanol–water partition coefficient (Wildman–Crippen LogP) is 3.62. The van der Waals surface area contributed by atoms with E-state index >= 15 is 0 Å². The van der Waals surface area contributed by atoms with E-state index in [-0.39, 0.29) is 10.5 Å². The van der Waals surface area contributed by atoms with Crippen LogP contribution in [0.1, 0.15) is 22.0 Å². The van der Waals surface area contributed by atoms with E-state index in [1.165, 1.54) is 35.8 Å². The topological polar surface area (TPSA) is 125 Å². The van der Waals surface area contributed by atoms with Gasteiger partial charge in [0.05, 0.1) is 4.90 Å². The standard InChI is InChI=1S/C25H21N3O5S/c29-24(27-31)19-13-15-20(16-14-19)26-25(30)23(18-8-2-1-3-9-18)28-34(32,33)22-12-6-10-17-7-4-5-11-21(17)22/h1-16,23,28,31H,(H,26,30)(H,27,29)/t23-/m0/s1. The van der Waals surface area contributed by atoms with Crippen LogP contribution in [-0.4, -0.2) is 25.4 Å². The number of fused-ring (bicyclic) bond motifs is 1. The van der Waals surface area contributed by atoms with Gasteiger partial charge in [0.15, 0.2) is 0 Å². The summed E-state index contributed by atoms with van der Waals surface area (Å²) in [5.74, 6) is -1.29.